The Hall–Kier alpha value is -4.65. The zero-order valence-electron chi connectivity index (χ0n) is 28.5. The number of amides is 2. The number of thiazole rings is 1. The highest BCUT2D eigenvalue weighted by Crippen LogP contribution is 2.32. The van der Waals surface area contributed by atoms with Gasteiger partial charge in [0.15, 0.2) is 15.3 Å². The SMILES string of the molecule is Cc1cccc(C)c1NC(=O)CSc1nc2ccc(NC(=O)CSc3nnc(COc4ccc(C(C)(C)C)cc4)n3-c3ccccc3)cc2s1. The number of anilines is 2. The van der Waals surface area contributed by atoms with Gasteiger partial charge in [0.05, 0.1) is 21.7 Å². The minimum absolute atomic E-state index is 0.0590. The summed E-state index contributed by atoms with van der Waals surface area (Å²) in [5.41, 5.74) is 6.58. The molecule has 0 saturated carbocycles. The number of nitrogens with one attached hydrogen (secondary N) is 2. The van der Waals surface area contributed by atoms with Crippen molar-refractivity contribution in [3.05, 3.63) is 114 Å². The molecule has 2 amide bonds. The molecule has 0 fully saturated rings. The number of aryl methyl sites for hydroxylation is 2. The third kappa shape index (κ3) is 8.73. The van der Waals surface area contributed by atoms with Crippen molar-refractivity contribution in [2.75, 3.05) is 22.1 Å². The van der Waals surface area contributed by atoms with Crippen LogP contribution in [-0.4, -0.2) is 43.1 Å². The van der Waals surface area contributed by atoms with Crippen LogP contribution < -0.4 is 15.4 Å². The number of fused-ring (bicyclic) bond motifs is 1. The first-order valence-corrected chi connectivity index (χ1v) is 18.9. The monoisotopic (exact) mass is 722 g/mol. The Kier molecular flexibility index (Phi) is 10.9. The predicted octanol–water partition coefficient (Wildman–Crippen LogP) is 8.83. The van der Waals surface area contributed by atoms with Crippen LogP contribution in [0, 0.1) is 13.8 Å². The number of thioether (sulfide) groups is 2. The van der Waals surface area contributed by atoms with E-state index in [4.69, 9.17) is 4.74 Å². The number of aromatic nitrogens is 4. The van der Waals surface area contributed by atoms with Crippen LogP contribution in [-0.2, 0) is 21.6 Å². The molecule has 12 heteroatoms. The minimum Gasteiger partial charge on any atom is -0.486 e. The van der Waals surface area contributed by atoms with E-state index in [1.54, 1.807) is 0 Å². The molecule has 0 saturated heterocycles. The fraction of sp³-hybridized carbons (Fsp3) is 0.237. The van der Waals surface area contributed by atoms with Gasteiger partial charge in [-0.3, -0.25) is 14.2 Å². The van der Waals surface area contributed by atoms with Gasteiger partial charge in [-0.05, 0) is 78.4 Å². The van der Waals surface area contributed by atoms with Crippen molar-refractivity contribution in [2.45, 2.75) is 56.1 Å². The predicted molar refractivity (Wildman–Crippen MR) is 205 cm³/mol. The summed E-state index contributed by atoms with van der Waals surface area (Å²) >= 11 is 4.19. The van der Waals surface area contributed by atoms with Gasteiger partial charge in [0.1, 0.15) is 12.4 Å². The van der Waals surface area contributed by atoms with Crippen LogP contribution in [0.15, 0.2) is 100 Å². The van der Waals surface area contributed by atoms with Crippen LogP contribution >= 0.6 is 34.9 Å². The molecule has 0 spiro atoms. The van der Waals surface area contributed by atoms with Crippen LogP contribution in [0.25, 0.3) is 15.9 Å². The summed E-state index contributed by atoms with van der Waals surface area (Å²) in [7, 11) is 0. The Morgan fingerprint density at radius 1 is 0.820 bits per heavy atom. The molecule has 50 heavy (non-hydrogen) atoms. The number of hydrogen-bond acceptors (Lipinski definition) is 9. The molecular formula is C38H38N6O3S3. The molecule has 0 unspecified atom stereocenters. The number of para-hydroxylation sites is 2. The quantitative estimate of drug-likeness (QED) is 0.121. The highest BCUT2D eigenvalue weighted by Gasteiger charge is 2.18. The second-order valence-corrected chi connectivity index (χ2v) is 15.9. The Morgan fingerprint density at radius 3 is 2.24 bits per heavy atom. The number of carbonyl (C=O) groups excluding carboxylic acids is 2. The van der Waals surface area contributed by atoms with Crippen molar-refractivity contribution in [3.8, 4) is 11.4 Å². The maximum Gasteiger partial charge on any atom is 0.234 e. The summed E-state index contributed by atoms with van der Waals surface area (Å²) in [4.78, 5) is 30.4. The number of rotatable bonds is 12. The molecule has 0 atom stereocenters. The third-order valence-electron chi connectivity index (χ3n) is 7.86. The molecule has 0 aliphatic heterocycles. The van der Waals surface area contributed by atoms with Crippen molar-refractivity contribution < 1.29 is 14.3 Å². The lowest BCUT2D eigenvalue weighted by Gasteiger charge is -2.19. The molecular weight excluding hydrogens is 685 g/mol. The van der Waals surface area contributed by atoms with Gasteiger partial charge in [-0.15, -0.1) is 21.5 Å². The number of nitrogens with zero attached hydrogens (tertiary/aromatic N) is 4. The average molecular weight is 723 g/mol. The second kappa shape index (κ2) is 15.5. The van der Waals surface area contributed by atoms with Crippen molar-refractivity contribution in [1.29, 1.82) is 0 Å². The van der Waals surface area contributed by atoms with Gasteiger partial charge >= 0.3 is 0 Å². The van der Waals surface area contributed by atoms with Crippen LogP contribution in [0.4, 0.5) is 11.4 Å². The van der Waals surface area contributed by atoms with E-state index in [2.05, 4.69) is 58.7 Å². The molecule has 2 N–H and O–H groups in total. The van der Waals surface area contributed by atoms with Gasteiger partial charge in [-0.2, -0.15) is 0 Å². The molecule has 6 rings (SSSR count). The van der Waals surface area contributed by atoms with E-state index in [0.717, 1.165) is 42.8 Å². The molecule has 256 valence electrons. The van der Waals surface area contributed by atoms with Crippen LogP contribution in [0.3, 0.4) is 0 Å². The minimum atomic E-state index is -0.170. The lowest BCUT2D eigenvalue weighted by atomic mass is 9.87. The molecule has 0 aliphatic carbocycles. The van der Waals surface area contributed by atoms with Crippen molar-refractivity contribution in [3.63, 3.8) is 0 Å². The highest BCUT2D eigenvalue weighted by molar-refractivity contribution is 8.01. The Balaban J connectivity index is 1.06. The normalized spacial score (nSPS) is 11.5. The van der Waals surface area contributed by atoms with Gasteiger partial charge < -0.3 is 15.4 Å². The van der Waals surface area contributed by atoms with E-state index in [-0.39, 0.29) is 35.3 Å². The van der Waals surface area contributed by atoms with Gasteiger partial charge in [-0.1, -0.05) is 92.8 Å². The van der Waals surface area contributed by atoms with Crippen molar-refractivity contribution in [1.82, 2.24) is 19.7 Å². The Morgan fingerprint density at radius 2 is 1.52 bits per heavy atom. The fourth-order valence-electron chi connectivity index (χ4n) is 5.21. The van der Waals surface area contributed by atoms with E-state index < -0.39 is 0 Å². The molecule has 0 radical (unpaired) electrons. The van der Waals surface area contributed by atoms with E-state index in [9.17, 15) is 9.59 Å². The molecule has 0 bridgehead atoms. The largest absolute Gasteiger partial charge is 0.486 e. The molecule has 2 aromatic heterocycles. The molecule has 9 nitrogen and oxygen atoms in total. The van der Waals surface area contributed by atoms with E-state index in [1.807, 2.05) is 97.3 Å². The molecule has 2 heterocycles. The van der Waals surface area contributed by atoms with E-state index in [1.165, 1.54) is 40.4 Å². The maximum absolute atomic E-state index is 13.1. The second-order valence-electron chi connectivity index (χ2n) is 12.7. The third-order valence-corrected chi connectivity index (χ3v) is 11.0. The highest BCUT2D eigenvalue weighted by atomic mass is 32.2. The van der Waals surface area contributed by atoms with E-state index >= 15 is 0 Å². The van der Waals surface area contributed by atoms with Crippen LogP contribution in [0.1, 0.15) is 43.3 Å². The number of ether oxygens (including phenoxy) is 1. The summed E-state index contributed by atoms with van der Waals surface area (Å²) in [5.74, 6) is 1.52. The standard InChI is InChI=1S/C38H38N6O3S3/c1-24-10-9-11-25(2)35(24)41-34(46)23-49-37-40-30-19-16-27(20-31(30)50-37)39-33(45)22-48-36-43-42-32(44(36)28-12-7-6-8-13-28)21-47-29-17-14-26(15-18-29)38(3,4)5/h6-20H,21-23H2,1-5H3,(H,39,45)(H,41,46). The number of carbonyl (C=O) groups is 2. The lowest BCUT2D eigenvalue weighted by Crippen LogP contribution is -2.15. The summed E-state index contributed by atoms with van der Waals surface area (Å²) in [5, 5.41) is 15.4. The van der Waals surface area contributed by atoms with Gasteiger partial charge in [0, 0.05) is 17.1 Å². The summed E-state index contributed by atoms with van der Waals surface area (Å²) in [6.07, 6.45) is 0. The number of hydrogen-bond donors (Lipinski definition) is 2. The van der Waals surface area contributed by atoms with Gasteiger partial charge in [0.2, 0.25) is 11.8 Å². The first kappa shape index (κ1) is 35.2. The number of benzene rings is 4. The smallest absolute Gasteiger partial charge is 0.234 e. The van der Waals surface area contributed by atoms with Crippen LogP contribution in [0.5, 0.6) is 5.75 Å². The zero-order chi connectivity index (χ0) is 35.3. The molecule has 6 aromatic rings. The summed E-state index contributed by atoms with van der Waals surface area (Å²) in [6.45, 7) is 10.7. The Bertz CT molecular complexity index is 2100. The van der Waals surface area contributed by atoms with Crippen LogP contribution in [0.2, 0.25) is 0 Å². The van der Waals surface area contributed by atoms with Crippen molar-refractivity contribution >= 4 is 68.3 Å². The molecule has 0 aliphatic rings. The first-order chi connectivity index (χ1) is 24.0. The maximum atomic E-state index is 13.1. The average Bonchev–Trinajstić information content (AvgIpc) is 3.70. The summed E-state index contributed by atoms with van der Waals surface area (Å²) in [6, 6.07) is 29.5. The topological polar surface area (TPSA) is 111 Å². The lowest BCUT2D eigenvalue weighted by molar-refractivity contribution is -0.114. The summed E-state index contributed by atoms with van der Waals surface area (Å²) < 4.78 is 9.74. The van der Waals surface area contributed by atoms with Gasteiger partial charge in [-0.25, -0.2) is 4.98 Å². The molecule has 4 aromatic carbocycles. The van der Waals surface area contributed by atoms with E-state index in [0.29, 0.717) is 16.7 Å². The van der Waals surface area contributed by atoms with Crippen molar-refractivity contribution in [2.24, 2.45) is 0 Å². The zero-order valence-corrected chi connectivity index (χ0v) is 31.0. The Labute approximate surface area is 304 Å². The van der Waals surface area contributed by atoms with Gasteiger partial charge in [0.25, 0.3) is 0 Å². The fourth-order valence-corrected chi connectivity index (χ4v) is 7.89. The first-order valence-electron chi connectivity index (χ1n) is 16.1.